The van der Waals surface area contributed by atoms with Crippen molar-refractivity contribution >= 4 is 64.9 Å². The first kappa shape index (κ1) is 35.4. The molecule has 6 N–H and O–H groups in total. The number of hydrogen-bond donors (Lipinski definition) is 5. The van der Waals surface area contributed by atoms with Crippen LogP contribution in [-0.4, -0.2) is 97.9 Å². The Morgan fingerprint density at radius 1 is 1.23 bits per heavy atom. The number of thioether (sulfide) groups is 2. The maximum Gasteiger partial charge on any atom is 1.00 e. The number of nitrogens with two attached hydrogens (primary N) is 1. The van der Waals surface area contributed by atoms with Crippen LogP contribution in [0.2, 0.25) is 0 Å². The average molecular weight is 694 g/mol. The van der Waals surface area contributed by atoms with E-state index in [0.29, 0.717) is 15.6 Å². The topological polar surface area (TPSA) is 275 Å². The minimum Gasteiger partial charge on any atom is -0.543 e. The summed E-state index contributed by atoms with van der Waals surface area (Å²) in [6.45, 7) is 1.19. The molecule has 2 aromatic heterocycles. The molecule has 2 aliphatic rings. The number of aromatic hydroxyl groups is 2. The Hall–Kier alpha value is -4.44. The molecule has 240 valence electrons. The molecule has 5 rings (SSSR count). The molecule has 2 unspecified atom stereocenters. The van der Waals surface area contributed by atoms with Crippen molar-refractivity contribution < 1.29 is 68.8 Å². The van der Waals surface area contributed by atoms with Crippen molar-refractivity contribution in [3.63, 3.8) is 0 Å². The molecule has 0 spiro atoms. The van der Waals surface area contributed by atoms with Crippen LogP contribution < -0.4 is 55.9 Å². The van der Waals surface area contributed by atoms with Gasteiger partial charge in [-0.25, -0.2) is 14.5 Å². The average Bonchev–Trinajstić information content (AvgIpc) is 3.41. The van der Waals surface area contributed by atoms with Crippen molar-refractivity contribution in [2.45, 2.75) is 29.5 Å². The molecule has 5 amide bonds. The number of hydrogen-bond acceptors (Lipinski definition) is 15. The van der Waals surface area contributed by atoms with Crippen LogP contribution in [0.15, 0.2) is 46.9 Å². The van der Waals surface area contributed by atoms with Gasteiger partial charge >= 0.3 is 35.6 Å². The molecule has 3 atom stereocenters. The van der Waals surface area contributed by atoms with E-state index in [4.69, 9.17) is 5.73 Å². The molecular weight excluding hydrogens is 669 g/mol. The van der Waals surface area contributed by atoms with E-state index in [1.165, 1.54) is 59.4 Å². The second-order valence-corrected chi connectivity index (χ2v) is 11.8. The third kappa shape index (κ3) is 7.27. The molecule has 0 saturated carbocycles. The summed E-state index contributed by atoms with van der Waals surface area (Å²) in [6, 6.07) is 1.03. The zero-order valence-corrected chi connectivity index (χ0v) is 28.5. The van der Waals surface area contributed by atoms with Gasteiger partial charge in [0.25, 0.3) is 5.91 Å². The summed E-state index contributed by atoms with van der Waals surface area (Å²) in [6.07, 6.45) is 0.958. The molecule has 2 aliphatic heterocycles. The van der Waals surface area contributed by atoms with E-state index in [2.05, 4.69) is 36.1 Å². The molecule has 22 heteroatoms. The number of primary amides is 1. The van der Waals surface area contributed by atoms with E-state index in [0.717, 1.165) is 11.1 Å². The minimum absolute atomic E-state index is 0. The van der Waals surface area contributed by atoms with Crippen molar-refractivity contribution in [2.75, 3.05) is 21.7 Å². The van der Waals surface area contributed by atoms with Gasteiger partial charge in [0.1, 0.15) is 28.9 Å². The standard InChI is InChI=1S/C25H25N11O8S2.Na/c1-10(37)28-24-27-7-14(18(39)30-24)35(23(26)44)16(11-3-5-13(38)6-4-11)19(40)29-15-20(41)36-17(22(42)43)12(8-45-21(15)36)9-46-25-31-32-33-34(25)2;/h3-7,15-16,21,38H,8-9H2,1-2H3,(H2,26,44)(H,29,40)(H,42,43)(H2,27,28,30,37,39);/q;+1/p-1/t15?,16?,21-;/m0./s1. The van der Waals surface area contributed by atoms with Gasteiger partial charge < -0.3 is 31.2 Å². The summed E-state index contributed by atoms with van der Waals surface area (Å²) in [5.74, 6) is -4.72. The van der Waals surface area contributed by atoms with Crippen molar-refractivity contribution in [3.8, 4) is 11.6 Å². The normalized spacial score (nSPS) is 17.5. The maximum atomic E-state index is 13.9. The number of carbonyl (C=O) groups excluding carboxylic acids is 5. The van der Waals surface area contributed by atoms with Crippen molar-refractivity contribution in [1.29, 1.82) is 0 Å². The number of urea groups is 1. The number of tetrazole rings is 1. The summed E-state index contributed by atoms with van der Waals surface area (Å²) in [4.78, 5) is 72.9. The number of benzene rings is 1. The first-order valence-electron chi connectivity index (χ1n) is 13.1. The molecular formula is C25H24N11NaO8S2. The smallest absolute Gasteiger partial charge is 0.543 e. The number of carbonyl (C=O) groups is 5. The van der Waals surface area contributed by atoms with Crippen molar-refractivity contribution in [3.05, 3.63) is 47.3 Å². The molecule has 1 saturated heterocycles. The quantitative estimate of drug-likeness (QED) is 0.0757. The number of aromatic nitrogens is 6. The number of phenolic OH excluding ortho intramolecular Hbond substituents is 1. The number of carboxylic acids is 1. The number of aryl methyl sites for hydroxylation is 1. The Labute approximate surface area is 295 Å². The van der Waals surface area contributed by atoms with Crippen molar-refractivity contribution in [2.24, 2.45) is 12.8 Å². The van der Waals surface area contributed by atoms with E-state index < -0.39 is 58.7 Å². The summed E-state index contributed by atoms with van der Waals surface area (Å²) in [7, 11) is 1.62. The second kappa shape index (κ2) is 14.5. The summed E-state index contributed by atoms with van der Waals surface area (Å²) < 4.78 is 1.41. The van der Waals surface area contributed by atoms with E-state index in [-0.39, 0.29) is 64.0 Å². The minimum atomic E-state index is -1.64. The van der Waals surface area contributed by atoms with Crippen LogP contribution in [0.25, 0.3) is 0 Å². The molecule has 47 heavy (non-hydrogen) atoms. The molecule has 0 aliphatic carbocycles. The number of nitrogens with zero attached hydrogens (tertiary/aromatic N) is 8. The SMILES string of the molecule is CC(=O)Nc1ncc(N(C(N)=O)C(C(=O)NC2C(=O)N3C(C(=O)[O-])=C(CSc4nnnn4C)CS[C@@H]23)c2ccc(O)cc2)c(O)n1.[Na+]. The fourth-order valence-electron chi connectivity index (χ4n) is 4.72. The Kier molecular flexibility index (Phi) is 11.0. The van der Waals surface area contributed by atoms with Crippen LogP contribution in [0, 0.1) is 0 Å². The summed E-state index contributed by atoms with van der Waals surface area (Å²) in [5, 5.41) is 48.2. The van der Waals surface area contributed by atoms with E-state index >= 15 is 0 Å². The number of carboxylic acid groups (broad SMARTS) is 1. The van der Waals surface area contributed by atoms with Gasteiger partial charge in [0.2, 0.25) is 28.8 Å². The number of rotatable bonds is 10. The largest absolute Gasteiger partial charge is 1.00 e. The number of aliphatic carboxylic acids is 1. The van der Waals surface area contributed by atoms with Crippen LogP contribution in [0.3, 0.4) is 0 Å². The van der Waals surface area contributed by atoms with Crippen LogP contribution in [0.5, 0.6) is 11.6 Å². The molecule has 0 radical (unpaired) electrons. The zero-order chi connectivity index (χ0) is 33.3. The second-order valence-electron chi connectivity index (χ2n) is 9.80. The van der Waals surface area contributed by atoms with Crippen LogP contribution in [-0.2, 0) is 26.2 Å². The number of β-lactam (4-membered cyclic amide) rings is 1. The van der Waals surface area contributed by atoms with Crippen LogP contribution >= 0.6 is 23.5 Å². The molecule has 4 heterocycles. The molecule has 3 aromatic rings. The Morgan fingerprint density at radius 3 is 2.51 bits per heavy atom. The fourth-order valence-corrected chi connectivity index (χ4v) is 7.06. The third-order valence-corrected chi connectivity index (χ3v) is 9.18. The first-order valence-corrected chi connectivity index (χ1v) is 15.2. The van der Waals surface area contributed by atoms with Gasteiger partial charge in [0.05, 0.1) is 17.9 Å². The van der Waals surface area contributed by atoms with Gasteiger partial charge in [-0.15, -0.1) is 16.9 Å². The van der Waals surface area contributed by atoms with Crippen molar-refractivity contribution in [1.82, 2.24) is 40.4 Å². The summed E-state index contributed by atoms with van der Waals surface area (Å²) >= 11 is 2.37. The molecule has 0 bridgehead atoms. The Bertz CT molecular complexity index is 1770. The van der Waals surface area contributed by atoms with Gasteiger partial charge in [-0.3, -0.25) is 29.5 Å². The monoisotopic (exact) mass is 693 g/mol. The van der Waals surface area contributed by atoms with E-state index in [9.17, 15) is 39.3 Å². The predicted molar refractivity (Wildman–Crippen MR) is 157 cm³/mol. The van der Waals surface area contributed by atoms with E-state index in [1.54, 1.807) is 7.05 Å². The maximum absolute atomic E-state index is 13.9. The molecule has 19 nitrogen and oxygen atoms in total. The number of nitrogens with one attached hydrogen (secondary N) is 2. The van der Waals surface area contributed by atoms with Gasteiger partial charge in [-0.1, -0.05) is 23.9 Å². The predicted octanol–water partition coefficient (Wildman–Crippen LogP) is -4.80. The first-order chi connectivity index (χ1) is 21.9. The number of amides is 5. The third-order valence-electron chi connectivity index (χ3n) is 6.75. The van der Waals surface area contributed by atoms with Gasteiger partial charge in [0.15, 0.2) is 0 Å². The van der Waals surface area contributed by atoms with Crippen LogP contribution in [0.4, 0.5) is 16.4 Å². The summed E-state index contributed by atoms with van der Waals surface area (Å²) in [5.41, 5.74) is 5.43. The van der Waals surface area contributed by atoms with Gasteiger partial charge in [-0.2, -0.15) is 4.98 Å². The van der Waals surface area contributed by atoms with Gasteiger partial charge in [-0.05, 0) is 33.7 Å². The number of fused-ring (bicyclic) bond motifs is 1. The van der Waals surface area contributed by atoms with E-state index in [1.807, 2.05) is 0 Å². The Balaban J connectivity index is 0.00000500. The molecule has 1 fully saturated rings. The number of anilines is 2. The zero-order valence-electron chi connectivity index (χ0n) is 24.8. The molecule has 1 aromatic carbocycles. The van der Waals surface area contributed by atoms with Crippen LogP contribution in [0.1, 0.15) is 18.5 Å². The number of phenols is 1. The Morgan fingerprint density at radius 2 is 1.94 bits per heavy atom. The van der Waals surface area contributed by atoms with Gasteiger partial charge in [0, 0.05) is 25.5 Å². The fraction of sp³-hybridized carbons (Fsp3) is 0.280.